The molecule has 0 bridgehead atoms. The number of H-pyrrole nitrogens is 1. The Morgan fingerprint density at radius 3 is 2.84 bits per heavy atom. The third-order valence-electron chi connectivity index (χ3n) is 5.38. The highest BCUT2D eigenvalue weighted by molar-refractivity contribution is 7.10. The fourth-order valence-electron chi connectivity index (χ4n) is 3.87. The van der Waals surface area contributed by atoms with E-state index >= 15 is 0 Å². The van der Waals surface area contributed by atoms with Gasteiger partial charge in [0.25, 0.3) is 5.56 Å². The van der Waals surface area contributed by atoms with Gasteiger partial charge in [-0.05, 0) is 29.1 Å². The van der Waals surface area contributed by atoms with Crippen LogP contribution in [0.5, 0.6) is 11.5 Å². The Hall–Kier alpha value is -3.84. The van der Waals surface area contributed by atoms with Crippen LogP contribution in [0.4, 0.5) is 11.8 Å². The molecule has 2 aliphatic heterocycles. The van der Waals surface area contributed by atoms with Crippen molar-refractivity contribution < 1.29 is 14.3 Å². The summed E-state index contributed by atoms with van der Waals surface area (Å²) in [6.07, 6.45) is 0.827. The Bertz CT molecular complexity index is 1260. The number of aromatic amines is 1. The fraction of sp³-hybridized carbons (Fsp3) is 0.273. The first kappa shape index (κ1) is 20.1. The van der Waals surface area contributed by atoms with Crippen molar-refractivity contribution in [2.75, 3.05) is 23.8 Å². The number of thiophene rings is 1. The number of fused-ring (bicyclic) bond motifs is 2. The SMILES string of the molecule is N#CC1C(=O)Nc2nc(NCc3ccc4c(c3)OCCCO4)[nH]c(=O)c2C1c1cccs1. The van der Waals surface area contributed by atoms with E-state index in [-0.39, 0.29) is 11.8 Å². The summed E-state index contributed by atoms with van der Waals surface area (Å²) < 4.78 is 11.4. The van der Waals surface area contributed by atoms with Crippen LogP contribution in [0.2, 0.25) is 0 Å². The van der Waals surface area contributed by atoms with Gasteiger partial charge in [-0.25, -0.2) is 0 Å². The number of amides is 1. The second-order valence-corrected chi connectivity index (χ2v) is 8.43. The van der Waals surface area contributed by atoms with Crippen LogP contribution in [-0.2, 0) is 11.3 Å². The van der Waals surface area contributed by atoms with E-state index in [4.69, 9.17) is 9.47 Å². The predicted octanol–water partition coefficient (Wildman–Crippen LogP) is 2.83. The molecule has 0 radical (unpaired) electrons. The summed E-state index contributed by atoms with van der Waals surface area (Å²) >= 11 is 1.40. The number of benzene rings is 1. The zero-order chi connectivity index (χ0) is 22.1. The average Bonchev–Trinajstić information content (AvgIpc) is 3.22. The first-order valence-electron chi connectivity index (χ1n) is 10.1. The minimum Gasteiger partial charge on any atom is -0.490 e. The third-order valence-corrected chi connectivity index (χ3v) is 6.34. The monoisotopic (exact) mass is 449 g/mol. The number of nitrogens with zero attached hydrogens (tertiary/aromatic N) is 2. The van der Waals surface area contributed by atoms with Gasteiger partial charge in [0.1, 0.15) is 11.7 Å². The fourth-order valence-corrected chi connectivity index (χ4v) is 4.75. The molecule has 1 amide bonds. The Balaban J connectivity index is 1.42. The molecule has 9 nitrogen and oxygen atoms in total. The van der Waals surface area contributed by atoms with E-state index in [2.05, 4.69) is 20.6 Å². The van der Waals surface area contributed by atoms with Crippen LogP contribution in [0.3, 0.4) is 0 Å². The average molecular weight is 449 g/mol. The van der Waals surface area contributed by atoms with E-state index in [0.29, 0.717) is 36.8 Å². The summed E-state index contributed by atoms with van der Waals surface area (Å²) in [5.41, 5.74) is 0.814. The first-order valence-corrected chi connectivity index (χ1v) is 11.0. The lowest BCUT2D eigenvalue weighted by Gasteiger charge is -2.27. The zero-order valence-electron chi connectivity index (χ0n) is 16.9. The number of hydrogen-bond acceptors (Lipinski definition) is 8. The van der Waals surface area contributed by atoms with Crippen molar-refractivity contribution in [3.63, 3.8) is 0 Å². The Morgan fingerprint density at radius 2 is 2.06 bits per heavy atom. The molecule has 4 heterocycles. The van der Waals surface area contributed by atoms with Gasteiger partial charge in [-0.15, -0.1) is 11.3 Å². The van der Waals surface area contributed by atoms with Crippen molar-refractivity contribution in [2.24, 2.45) is 5.92 Å². The van der Waals surface area contributed by atoms with Gasteiger partial charge < -0.3 is 20.1 Å². The molecule has 2 aromatic heterocycles. The molecular formula is C22H19N5O4S. The van der Waals surface area contributed by atoms with Crippen molar-refractivity contribution in [2.45, 2.75) is 18.9 Å². The molecule has 2 unspecified atom stereocenters. The Labute approximate surface area is 187 Å². The molecule has 0 saturated carbocycles. The summed E-state index contributed by atoms with van der Waals surface area (Å²) in [5, 5.41) is 17.1. The van der Waals surface area contributed by atoms with Gasteiger partial charge in [0, 0.05) is 17.8 Å². The topological polar surface area (TPSA) is 129 Å². The normalized spacial score (nSPS) is 19.3. The minimum absolute atomic E-state index is 0.171. The highest BCUT2D eigenvalue weighted by Crippen LogP contribution is 2.39. The molecule has 3 aromatic rings. The van der Waals surface area contributed by atoms with Crippen LogP contribution in [0, 0.1) is 17.2 Å². The van der Waals surface area contributed by atoms with Gasteiger partial charge in [-0.1, -0.05) is 12.1 Å². The van der Waals surface area contributed by atoms with Crippen molar-refractivity contribution in [3.05, 3.63) is 62.1 Å². The van der Waals surface area contributed by atoms with Crippen LogP contribution >= 0.6 is 11.3 Å². The molecule has 32 heavy (non-hydrogen) atoms. The summed E-state index contributed by atoms with van der Waals surface area (Å²) in [4.78, 5) is 33.4. The van der Waals surface area contributed by atoms with E-state index in [1.165, 1.54) is 11.3 Å². The molecule has 0 aliphatic carbocycles. The number of anilines is 2. The molecule has 0 spiro atoms. The molecule has 0 saturated heterocycles. The van der Waals surface area contributed by atoms with Crippen LogP contribution in [0.1, 0.15) is 28.3 Å². The number of rotatable bonds is 4. The number of carbonyl (C=O) groups excluding carboxylic acids is 1. The minimum atomic E-state index is -0.996. The second-order valence-electron chi connectivity index (χ2n) is 7.45. The second kappa shape index (κ2) is 8.36. The molecule has 10 heteroatoms. The number of nitriles is 1. The van der Waals surface area contributed by atoms with E-state index in [1.807, 2.05) is 41.8 Å². The molecule has 2 atom stereocenters. The van der Waals surface area contributed by atoms with Crippen LogP contribution in [-0.4, -0.2) is 29.1 Å². The van der Waals surface area contributed by atoms with Crippen molar-refractivity contribution in [1.29, 1.82) is 5.26 Å². The molecule has 162 valence electrons. The van der Waals surface area contributed by atoms with Crippen LogP contribution in [0.25, 0.3) is 0 Å². The van der Waals surface area contributed by atoms with E-state index in [0.717, 1.165) is 16.9 Å². The van der Waals surface area contributed by atoms with Gasteiger partial charge in [0.2, 0.25) is 11.9 Å². The number of carbonyl (C=O) groups is 1. The number of hydrogen-bond donors (Lipinski definition) is 3. The summed E-state index contributed by atoms with van der Waals surface area (Å²) in [6, 6.07) is 11.3. The maximum atomic E-state index is 13.0. The maximum Gasteiger partial charge on any atom is 0.258 e. The predicted molar refractivity (Wildman–Crippen MR) is 118 cm³/mol. The summed E-state index contributed by atoms with van der Waals surface area (Å²) in [7, 11) is 0. The van der Waals surface area contributed by atoms with Crippen molar-refractivity contribution in [3.8, 4) is 17.6 Å². The first-order chi connectivity index (χ1) is 15.6. The van der Waals surface area contributed by atoms with Crippen molar-refractivity contribution >= 4 is 29.0 Å². The van der Waals surface area contributed by atoms with Gasteiger partial charge in [-0.2, -0.15) is 10.2 Å². The molecular weight excluding hydrogens is 430 g/mol. The number of aromatic nitrogens is 2. The standard InChI is InChI=1S/C22H19N5O4S/c23-10-13-17(16-3-1-8-32-16)18-19(25-20(13)28)26-22(27-21(18)29)24-11-12-4-5-14-15(9-12)31-7-2-6-30-14/h1,3-5,8-9,13,17H,2,6-7,11H2,(H3,24,25,26,27,28,29). The van der Waals surface area contributed by atoms with Crippen molar-refractivity contribution in [1.82, 2.24) is 9.97 Å². The smallest absolute Gasteiger partial charge is 0.258 e. The van der Waals surface area contributed by atoms with Gasteiger partial charge in [0.05, 0.1) is 30.8 Å². The largest absolute Gasteiger partial charge is 0.490 e. The Morgan fingerprint density at radius 1 is 1.22 bits per heavy atom. The quantitative estimate of drug-likeness (QED) is 0.558. The van der Waals surface area contributed by atoms with Gasteiger partial charge in [-0.3, -0.25) is 14.6 Å². The van der Waals surface area contributed by atoms with E-state index in [9.17, 15) is 14.9 Å². The van der Waals surface area contributed by atoms with Crippen LogP contribution < -0.4 is 25.7 Å². The zero-order valence-corrected chi connectivity index (χ0v) is 17.7. The summed E-state index contributed by atoms with van der Waals surface area (Å²) in [5.74, 6) is -0.333. The number of nitrogens with one attached hydrogen (secondary N) is 3. The number of ether oxygens (including phenoxy) is 2. The molecule has 1 aromatic carbocycles. The van der Waals surface area contributed by atoms with Gasteiger partial charge >= 0.3 is 0 Å². The molecule has 2 aliphatic rings. The molecule has 3 N–H and O–H groups in total. The maximum absolute atomic E-state index is 13.0. The Kier molecular flexibility index (Phi) is 5.25. The third kappa shape index (κ3) is 3.67. The van der Waals surface area contributed by atoms with Gasteiger partial charge in [0.15, 0.2) is 11.5 Å². The van der Waals surface area contributed by atoms with Crippen LogP contribution in [0.15, 0.2) is 40.5 Å². The molecule has 5 rings (SSSR count). The lowest BCUT2D eigenvalue weighted by atomic mass is 9.83. The lowest BCUT2D eigenvalue weighted by molar-refractivity contribution is -0.119. The molecule has 0 fully saturated rings. The lowest BCUT2D eigenvalue weighted by Crippen LogP contribution is -2.38. The van der Waals surface area contributed by atoms with E-state index in [1.54, 1.807) is 0 Å². The summed E-state index contributed by atoms with van der Waals surface area (Å²) in [6.45, 7) is 1.59. The highest BCUT2D eigenvalue weighted by Gasteiger charge is 2.40. The highest BCUT2D eigenvalue weighted by atomic mass is 32.1. The van der Waals surface area contributed by atoms with E-state index < -0.39 is 23.3 Å².